The van der Waals surface area contributed by atoms with E-state index < -0.39 is 12.0 Å². The molecule has 0 bridgehead atoms. The molecule has 2 aliphatic rings. The van der Waals surface area contributed by atoms with Crippen LogP contribution in [0.5, 0.6) is 0 Å². The van der Waals surface area contributed by atoms with Crippen molar-refractivity contribution in [2.75, 3.05) is 49.5 Å². The fourth-order valence-electron chi connectivity index (χ4n) is 3.91. The summed E-state index contributed by atoms with van der Waals surface area (Å²) in [7, 11) is 0. The maximum absolute atomic E-state index is 14.0. The van der Waals surface area contributed by atoms with Crippen LogP contribution in [0.2, 0.25) is 0 Å². The third-order valence-corrected chi connectivity index (χ3v) is 5.81. The van der Waals surface area contributed by atoms with Gasteiger partial charge in [-0.1, -0.05) is 30.8 Å². The molecule has 2 fully saturated rings. The molecule has 0 radical (unpaired) electrons. The molecule has 33 heavy (non-hydrogen) atoms. The Kier molecular flexibility index (Phi) is 6.83. The van der Waals surface area contributed by atoms with Gasteiger partial charge in [0, 0.05) is 38.8 Å². The summed E-state index contributed by atoms with van der Waals surface area (Å²) >= 11 is 0. The van der Waals surface area contributed by atoms with Gasteiger partial charge in [-0.25, -0.2) is 4.79 Å². The molecule has 9 nitrogen and oxygen atoms in total. The van der Waals surface area contributed by atoms with Gasteiger partial charge in [0.2, 0.25) is 17.8 Å². The molecule has 2 aliphatic heterocycles. The number of nitrogens with one attached hydrogen (secondary N) is 1. The molecular weight excluding hydrogens is 427 g/mol. The molecule has 2 amide bonds. The van der Waals surface area contributed by atoms with Crippen molar-refractivity contribution in [3.05, 3.63) is 60.1 Å². The smallest absolute Gasteiger partial charge is 0.415 e. The van der Waals surface area contributed by atoms with Gasteiger partial charge in [0.05, 0.1) is 12.6 Å². The Balaban J connectivity index is 1.35. The average molecular weight is 455 g/mol. The number of nitrogens with zero attached hydrogens (tertiary/aromatic N) is 5. The minimum atomic E-state index is -0.723. The van der Waals surface area contributed by atoms with Crippen molar-refractivity contribution >= 4 is 23.8 Å². The highest BCUT2D eigenvalue weighted by atomic mass is 19.1. The molecular formula is C23H27FN6O3. The highest BCUT2D eigenvalue weighted by molar-refractivity contribution is 5.88. The lowest BCUT2D eigenvalue weighted by molar-refractivity contribution is -0.127. The summed E-state index contributed by atoms with van der Waals surface area (Å²) in [6, 6.07) is 9.10. The normalized spacial score (nSPS) is 17.6. The van der Waals surface area contributed by atoms with Crippen LogP contribution >= 0.6 is 0 Å². The quantitative estimate of drug-likeness (QED) is 0.508. The number of piperazine rings is 1. The minimum absolute atomic E-state index is 0.0183. The zero-order valence-corrected chi connectivity index (χ0v) is 18.5. The summed E-state index contributed by atoms with van der Waals surface area (Å²) in [5.41, 5.74) is 2.17. The lowest BCUT2D eigenvalue weighted by Gasteiger charge is -2.34. The first-order chi connectivity index (χ1) is 15.9. The zero-order valence-electron chi connectivity index (χ0n) is 18.5. The Morgan fingerprint density at radius 3 is 2.58 bits per heavy atom. The number of carbonyl (C=O) groups is 2. The van der Waals surface area contributed by atoms with E-state index in [0.29, 0.717) is 19.6 Å². The van der Waals surface area contributed by atoms with Gasteiger partial charge in [0.15, 0.2) is 0 Å². The van der Waals surface area contributed by atoms with E-state index in [1.165, 1.54) is 16.5 Å². The summed E-state index contributed by atoms with van der Waals surface area (Å²) in [6.45, 7) is 9.91. The summed E-state index contributed by atoms with van der Waals surface area (Å²) < 4.78 is 18.9. The molecule has 2 aromatic rings. The molecule has 1 atom stereocenters. The number of aromatic nitrogens is 2. The highest BCUT2D eigenvalue weighted by Gasteiger charge is 2.26. The van der Waals surface area contributed by atoms with Crippen LogP contribution in [0.1, 0.15) is 24.1 Å². The van der Waals surface area contributed by atoms with E-state index in [0.717, 1.165) is 31.3 Å². The first kappa shape index (κ1) is 22.7. The second kappa shape index (κ2) is 9.95. The van der Waals surface area contributed by atoms with Crippen molar-refractivity contribution in [2.45, 2.75) is 19.5 Å². The van der Waals surface area contributed by atoms with Gasteiger partial charge >= 0.3 is 6.09 Å². The van der Waals surface area contributed by atoms with E-state index in [1.807, 2.05) is 24.0 Å². The maximum atomic E-state index is 14.0. The predicted molar refractivity (Wildman–Crippen MR) is 121 cm³/mol. The van der Waals surface area contributed by atoms with Gasteiger partial charge in [-0.05, 0) is 24.1 Å². The Hall–Kier alpha value is -3.53. The van der Waals surface area contributed by atoms with Gasteiger partial charge in [-0.15, -0.1) is 0 Å². The van der Waals surface area contributed by atoms with Crippen LogP contribution in [0.4, 0.5) is 21.0 Å². The van der Waals surface area contributed by atoms with Crippen molar-refractivity contribution in [2.24, 2.45) is 0 Å². The van der Waals surface area contributed by atoms with E-state index in [9.17, 15) is 14.0 Å². The van der Waals surface area contributed by atoms with Crippen LogP contribution in [0.15, 0.2) is 43.0 Å². The van der Waals surface area contributed by atoms with Gasteiger partial charge in [0.1, 0.15) is 12.4 Å². The topological polar surface area (TPSA) is 90.9 Å². The Labute approximate surface area is 191 Å². The van der Waals surface area contributed by atoms with Crippen LogP contribution in [0.25, 0.3) is 0 Å². The lowest BCUT2D eigenvalue weighted by atomic mass is 10.1. The SMILES string of the molecule is C=CC(=O)N1CCN(Cc2ccc([C@H](C)Nc3nc(F)cc(N4CCOC4=O)n3)cc2)CC1. The Morgan fingerprint density at radius 1 is 1.21 bits per heavy atom. The van der Waals surface area contributed by atoms with Crippen molar-refractivity contribution < 1.29 is 18.7 Å². The van der Waals surface area contributed by atoms with Crippen LogP contribution in [0, 0.1) is 5.95 Å². The number of anilines is 2. The number of benzene rings is 1. The van der Waals surface area contributed by atoms with Crippen molar-refractivity contribution in [1.82, 2.24) is 19.8 Å². The van der Waals surface area contributed by atoms with Crippen LogP contribution < -0.4 is 10.2 Å². The number of hydrogen-bond donors (Lipinski definition) is 1. The van der Waals surface area contributed by atoms with Crippen LogP contribution in [-0.4, -0.2) is 71.1 Å². The summed E-state index contributed by atoms with van der Waals surface area (Å²) in [5.74, 6) is -0.465. The Morgan fingerprint density at radius 2 is 1.94 bits per heavy atom. The first-order valence-corrected chi connectivity index (χ1v) is 10.9. The standard InChI is InChI=1S/C23H27FN6O3/c1-3-21(31)29-10-8-28(9-11-29)15-17-4-6-18(7-5-17)16(2)25-22-26-19(24)14-20(27-22)30-12-13-33-23(30)32/h3-7,14,16H,1,8-13,15H2,2H3,(H,25,26,27)/t16-/m0/s1. The molecule has 1 N–H and O–H groups in total. The largest absolute Gasteiger partial charge is 0.447 e. The first-order valence-electron chi connectivity index (χ1n) is 10.9. The fraction of sp³-hybridized carbons (Fsp3) is 0.391. The van der Waals surface area contributed by atoms with Crippen molar-refractivity contribution in [3.8, 4) is 0 Å². The van der Waals surface area contributed by atoms with E-state index in [-0.39, 0.29) is 30.3 Å². The van der Waals surface area contributed by atoms with E-state index in [4.69, 9.17) is 4.74 Å². The molecule has 10 heteroatoms. The van der Waals surface area contributed by atoms with Crippen molar-refractivity contribution in [3.63, 3.8) is 0 Å². The number of carbonyl (C=O) groups excluding carboxylic acids is 2. The number of ether oxygens (including phenoxy) is 1. The molecule has 0 aliphatic carbocycles. The number of amides is 2. The number of cyclic esters (lactones) is 1. The molecule has 1 aromatic carbocycles. The van der Waals surface area contributed by atoms with E-state index >= 15 is 0 Å². The summed E-state index contributed by atoms with van der Waals surface area (Å²) in [6.07, 6.45) is 0.816. The molecule has 2 saturated heterocycles. The predicted octanol–water partition coefficient (Wildman–Crippen LogP) is 2.58. The minimum Gasteiger partial charge on any atom is -0.447 e. The fourth-order valence-corrected chi connectivity index (χ4v) is 3.91. The van der Waals surface area contributed by atoms with Crippen LogP contribution in [-0.2, 0) is 16.1 Å². The van der Waals surface area contributed by atoms with Gasteiger partial charge in [-0.2, -0.15) is 14.4 Å². The maximum Gasteiger partial charge on any atom is 0.415 e. The van der Waals surface area contributed by atoms with Crippen LogP contribution in [0.3, 0.4) is 0 Å². The van der Waals surface area contributed by atoms with Crippen molar-refractivity contribution in [1.29, 1.82) is 0 Å². The molecule has 0 unspecified atom stereocenters. The van der Waals surface area contributed by atoms with Gasteiger partial charge < -0.3 is 15.0 Å². The Bertz CT molecular complexity index is 1020. The number of halogens is 1. The number of rotatable bonds is 7. The van der Waals surface area contributed by atoms with E-state index in [1.54, 1.807) is 0 Å². The molecule has 174 valence electrons. The van der Waals surface area contributed by atoms with Gasteiger partial charge in [0.25, 0.3) is 0 Å². The molecule has 4 rings (SSSR count). The highest BCUT2D eigenvalue weighted by Crippen LogP contribution is 2.22. The lowest BCUT2D eigenvalue weighted by Crippen LogP contribution is -2.47. The average Bonchev–Trinajstić information content (AvgIpc) is 3.25. The second-order valence-electron chi connectivity index (χ2n) is 8.05. The molecule has 0 saturated carbocycles. The monoisotopic (exact) mass is 454 g/mol. The van der Waals surface area contributed by atoms with E-state index in [2.05, 4.69) is 38.9 Å². The molecule has 1 aromatic heterocycles. The summed E-state index contributed by atoms with van der Waals surface area (Å²) in [5, 5.41) is 3.10. The third kappa shape index (κ3) is 5.46. The second-order valence-corrected chi connectivity index (χ2v) is 8.05. The zero-order chi connectivity index (χ0) is 23.4. The van der Waals surface area contributed by atoms with Gasteiger partial charge in [-0.3, -0.25) is 14.6 Å². The molecule has 3 heterocycles. The molecule has 0 spiro atoms. The summed E-state index contributed by atoms with van der Waals surface area (Å²) in [4.78, 5) is 37.0. The third-order valence-electron chi connectivity index (χ3n) is 5.81. The number of hydrogen-bond acceptors (Lipinski definition) is 7.